The molecule has 0 bridgehead atoms. The highest BCUT2D eigenvalue weighted by Gasteiger charge is 2.10. The first-order valence-corrected chi connectivity index (χ1v) is 6.80. The molecule has 0 spiro atoms. The Hall–Kier alpha value is -1.28. The number of allylic oxidation sites excluding steroid dienone is 1. The average Bonchev–Trinajstić information content (AvgIpc) is 2.42. The van der Waals surface area contributed by atoms with E-state index in [-0.39, 0.29) is 0 Å². The van der Waals surface area contributed by atoms with Gasteiger partial charge in [0.15, 0.2) is 0 Å². The van der Waals surface area contributed by atoms with E-state index < -0.39 is 6.10 Å². The molecule has 0 aliphatic heterocycles. The molecule has 0 unspecified atom stereocenters. The van der Waals surface area contributed by atoms with Crippen molar-refractivity contribution in [2.45, 2.75) is 45.1 Å². The van der Waals surface area contributed by atoms with Crippen LogP contribution in [-0.2, 0) is 0 Å². The lowest BCUT2D eigenvalue weighted by atomic mass is 10.1. The van der Waals surface area contributed by atoms with E-state index in [0.717, 1.165) is 30.6 Å². The second kappa shape index (κ2) is 8.76. The van der Waals surface area contributed by atoms with Gasteiger partial charge in [0.05, 0.1) is 12.7 Å². The summed E-state index contributed by atoms with van der Waals surface area (Å²) in [6.07, 6.45) is 6.68. The molecule has 0 aliphatic rings. The molecule has 1 atom stereocenters. The zero-order valence-electron chi connectivity index (χ0n) is 11.3. The normalized spacial score (nSPS) is 12.1. The maximum atomic E-state index is 9.89. The van der Waals surface area contributed by atoms with Crippen LogP contribution in [0, 0.1) is 0 Å². The van der Waals surface area contributed by atoms with Gasteiger partial charge in [-0.05, 0) is 38.2 Å². The number of ether oxygens (including phenoxy) is 1. The lowest BCUT2D eigenvalue weighted by Crippen LogP contribution is -2.03. The molecule has 0 saturated carbocycles. The van der Waals surface area contributed by atoms with E-state index in [0.29, 0.717) is 13.0 Å². The second-order valence-corrected chi connectivity index (χ2v) is 4.45. The van der Waals surface area contributed by atoms with Gasteiger partial charge in [-0.2, -0.15) is 0 Å². The Morgan fingerprint density at radius 1 is 1.28 bits per heavy atom. The van der Waals surface area contributed by atoms with Crippen molar-refractivity contribution in [2.24, 2.45) is 0 Å². The lowest BCUT2D eigenvalue weighted by molar-refractivity contribution is 0.167. The fourth-order valence-corrected chi connectivity index (χ4v) is 1.86. The third-order valence-corrected chi connectivity index (χ3v) is 2.97. The summed E-state index contributed by atoms with van der Waals surface area (Å²) in [7, 11) is 0. The minimum Gasteiger partial charge on any atom is -0.493 e. The van der Waals surface area contributed by atoms with E-state index in [4.69, 9.17) is 4.74 Å². The van der Waals surface area contributed by atoms with E-state index >= 15 is 0 Å². The van der Waals surface area contributed by atoms with Gasteiger partial charge in [0.25, 0.3) is 0 Å². The second-order valence-electron chi connectivity index (χ2n) is 4.45. The molecule has 0 amide bonds. The summed E-state index contributed by atoms with van der Waals surface area (Å²) in [6.45, 7) is 6.39. The number of benzene rings is 1. The minimum absolute atomic E-state index is 0.429. The van der Waals surface area contributed by atoms with Crippen LogP contribution in [0.5, 0.6) is 5.75 Å². The summed E-state index contributed by atoms with van der Waals surface area (Å²) in [5.41, 5.74) is 0.895. The number of para-hydroxylation sites is 1. The highest BCUT2D eigenvalue weighted by Crippen LogP contribution is 2.26. The number of unbranched alkanes of at least 4 members (excludes halogenated alkanes) is 3. The quantitative estimate of drug-likeness (QED) is 0.523. The predicted octanol–water partition coefficient (Wildman–Crippen LogP) is 4.26. The van der Waals surface area contributed by atoms with Crippen LogP contribution in [0.4, 0.5) is 0 Å². The van der Waals surface area contributed by atoms with Crippen LogP contribution in [0.1, 0.15) is 50.7 Å². The van der Waals surface area contributed by atoms with E-state index in [1.54, 1.807) is 0 Å². The summed E-state index contributed by atoms with van der Waals surface area (Å²) in [6, 6.07) is 7.74. The van der Waals surface area contributed by atoms with Crippen molar-refractivity contribution in [3.05, 3.63) is 42.5 Å². The Labute approximate surface area is 110 Å². The van der Waals surface area contributed by atoms with Gasteiger partial charge in [-0.25, -0.2) is 0 Å². The monoisotopic (exact) mass is 248 g/mol. The first-order chi connectivity index (χ1) is 8.79. The van der Waals surface area contributed by atoms with E-state index in [9.17, 15) is 5.11 Å². The number of rotatable bonds is 9. The smallest absolute Gasteiger partial charge is 0.125 e. The summed E-state index contributed by atoms with van der Waals surface area (Å²) in [4.78, 5) is 0. The predicted molar refractivity (Wildman–Crippen MR) is 75.9 cm³/mol. The Morgan fingerprint density at radius 2 is 2.06 bits per heavy atom. The molecule has 18 heavy (non-hydrogen) atoms. The van der Waals surface area contributed by atoms with Gasteiger partial charge in [0.2, 0.25) is 0 Å². The number of aliphatic hydroxyl groups excluding tert-OH is 1. The van der Waals surface area contributed by atoms with Crippen molar-refractivity contribution in [3.8, 4) is 5.75 Å². The molecule has 0 aromatic heterocycles. The zero-order chi connectivity index (χ0) is 13.2. The van der Waals surface area contributed by atoms with Crippen molar-refractivity contribution >= 4 is 0 Å². The fourth-order valence-electron chi connectivity index (χ4n) is 1.86. The lowest BCUT2D eigenvalue weighted by Gasteiger charge is -2.14. The van der Waals surface area contributed by atoms with E-state index in [1.165, 1.54) is 6.42 Å². The van der Waals surface area contributed by atoms with Crippen LogP contribution < -0.4 is 4.74 Å². The summed E-state index contributed by atoms with van der Waals surface area (Å²) >= 11 is 0. The third kappa shape index (κ3) is 4.92. The van der Waals surface area contributed by atoms with Gasteiger partial charge in [0, 0.05) is 5.56 Å². The highest BCUT2D eigenvalue weighted by molar-refractivity contribution is 5.34. The SMILES string of the molecule is C=CCCCCCOc1ccccc1[C@@H](O)CC. The van der Waals surface area contributed by atoms with Crippen LogP contribution >= 0.6 is 0 Å². The fraction of sp³-hybridized carbons (Fsp3) is 0.500. The molecule has 1 aromatic rings. The number of hydrogen-bond donors (Lipinski definition) is 1. The van der Waals surface area contributed by atoms with Crippen LogP contribution in [0.15, 0.2) is 36.9 Å². The molecule has 1 rings (SSSR count). The molecule has 0 aliphatic carbocycles. The molecule has 1 N–H and O–H groups in total. The Kier molecular flexibility index (Phi) is 7.19. The summed E-state index contributed by atoms with van der Waals surface area (Å²) in [5.74, 6) is 0.815. The Balaban J connectivity index is 2.39. The summed E-state index contributed by atoms with van der Waals surface area (Å²) < 4.78 is 5.75. The molecule has 2 nitrogen and oxygen atoms in total. The number of hydrogen-bond acceptors (Lipinski definition) is 2. The van der Waals surface area contributed by atoms with Crippen LogP contribution in [0.3, 0.4) is 0 Å². The van der Waals surface area contributed by atoms with Crippen LogP contribution in [0.2, 0.25) is 0 Å². The maximum absolute atomic E-state index is 9.89. The maximum Gasteiger partial charge on any atom is 0.125 e. The molecule has 2 heteroatoms. The Bertz CT molecular complexity index is 347. The van der Waals surface area contributed by atoms with E-state index in [1.807, 2.05) is 37.3 Å². The van der Waals surface area contributed by atoms with Crippen molar-refractivity contribution < 1.29 is 9.84 Å². The van der Waals surface area contributed by atoms with Gasteiger partial charge in [-0.15, -0.1) is 6.58 Å². The Morgan fingerprint density at radius 3 is 2.78 bits per heavy atom. The molecule has 0 fully saturated rings. The molecular formula is C16H24O2. The minimum atomic E-state index is -0.429. The molecular weight excluding hydrogens is 224 g/mol. The van der Waals surface area contributed by atoms with Gasteiger partial charge in [-0.3, -0.25) is 0 Å². The van der Waals surface area contributed by atoms with Gasteiger partial charge < -0.3 is 9.84 Å². The summed E-state index contributed by atoms with van der Waals surface area (Å²) in [5, 5.41) is 9.89. The third-order valence-electron chi connectivity index (χ3n) is 2.97. The molecule has 0 radical (unpaired) electrons. The molecule has 1 aromatic carbocycles. The highest BCUT2D eigenvalue weighted by atomic mass is 16.5. The average molecular weight is 248 g/mol. The van der Waals surface area contributed by atoms with Crippen LogP contribution in [-0.4, -0.2) is 11.7 Å². The molecule has 0 saturated heterocycles. The van der Waals surface area contributed by atoms with Crippen molar-refractivity contribution in [2.75, 3.05) is 6.61 Å². The van der Waals surface area contributed by atoms with Crippen molar-refractivity contribution in [3.63, 3.8) is 0 Å². The van der Waals surface area contributed by atoms with E-state index in [2.05, 4.69) is 6.58 Å². The first kappa shape index (κ1) is 14.8. The van der Waals surface area contributed by atoms with Gasteiger partial charge in [0.1, 0.15) is 5.75 Å². The zero-order valence-corrected chi connectivity index (χ0v) is 11.3. The number of aliphatic hydroxyl groups is 1. The molecule has 100 valence electrons. The van der Waals surface area contributed by atoms with Crippen molar-refractivity contribution in [1.29, 1.82) is 0 Å². The van der Waals surface area contributed by atoms with Gasteiger partial charge in [-0.1, -0.05) is 31.2 Å². The first-order valence-electron chi connectivity index (χ1n) is 6.80. The van der Waals surface area contributed by atoms with Gasteiger partial charge >= 0.3 is 0 Å². The van der Waals surface area contributed by atoms with Crippen molar-refractivity contribution in [1.82, 2.24) is 0 Å². The topological polar surface area (TPSA) is 29.5 Å². The van der Waals surface area contributed by atoms with Crippen LogP contribution in [0.25, 0.3) is 0 Å². The standard InChI is InChI=1S/C16H24O2/c1-3-5-6-7-10-13-18-16-12-9-8-11-14(16)15(17)4-2/h3,8-9,11-12,15,17H,1,4-7,10,13H2,2H3/t15-/m0/s1. The largest absolute Gasteiger partial charge is 0.493 e. The molecule has 0 heterocycles.